The number of fused-ring (bicyclic) bond motifs is 2. The fourth-order valence-electron chi connectivity index (χ4n) is 7.84. The highest BCUT2D eigenvalue weighted by atomic mass is 16.6. The fourth-order valence-corrected chi connectivity index (χ4v) is 7.84. The van der Waals surface area contributed by atoms with Crippen molar-refractivity contribution >= 4 is 29.6 Å². The highest BCUT2D eigenvalue weighted by molar-refractivity contribution is 6.02. The van der Waals surface area contributed by atoms with E-state index in [1.165, 1.54) is 12.0 Å². The van der Waals surface area contributed by atoms with Crippen molar-refractivity contribution in [3.05, 3.63) is 101 Å². The summed E-state index contributed by atoms with van der Waals surface area (Å²) in [5.41, 5.74) is 4.46. The van der Waals surface area contributed by atoms with Gasteiger partial charge in [0.2, 0.25) is 11.8 Å². The first-order valence-corrected chi connectivity index (χ1v) is 16.3. The van der Waals surface area contributed by atoms with Gasteiger partial charge in [0.05, 0.1) is 18.8 Å². The zero-order chi connectivity index (χ0) is 31.8. The van der Waals surface area contributed by atoms with Crippen LogP contribution < -0.4 is 4.90 Å². The number of methoxy groups -OCH3 is 1. The third-order valence-electron chi connectivity index (χ3n) is 10.1. The summed E-state index contributed by atoms with van der Waals surface area (Å²) in [7, 11) is 1.33. The number of hydrogen-bond acceptors (Lipinski definition) is 6. The molecule has 3 aromatic carbocycles. The Labute approximate surface area is 269 Å². The molecule has 3 aromatic rings. The van der Waals surface area contributed by atoms with Crippen molar-refractivity contribution in [3.8, 4) is 0 Å². The summed E-state index contributed by atoms with van der Waals surface area (Å²) in [5.74, 6) is -1.06. The molecule has 9 heteroatoms. The molecule has 46 heavy (non-hydrogen) atoms. The SMILES string of the molecule is COC(=O)[C@H]1Cc2ccccc2CN1C(=O)[C@H]1CC[C@@H](c2ccccc2)N1C(=O)[C@H]1Cc2ccccc2N1C(=O)OC1CCCC1. The average molecular weight is 622 g/mol. The second-order valence-corrected chi connectivity index (χ2v) is 12.8. The van der Waals surface area contributed by atoms with Crippen molar-refractivity contribution in [2.45, 2.75) is 88.2 Å². The molecule has 1 aliphatic carbocycles. The van der Waals surface area contributed by atoms with Gasteiger partial charge < -0.3 is 19.3 Å². The molecule has 1 saturated heterocycles. The zero-order valence-corrected chi connectivity index (χ0v) is 26.0. The lowest BCUT2D eigenvalue weighted by Crippen LogP contribution is -2.58. The second-order valence-electron chi connectivity index (χ2n) is 12.8. The van der Waals surface area contributed by atoms with Crippen LogP contribution in [-0.4, -0.2) is 65.0 Å². The molecule has 3 heterocycles. The lowest BCUT2D eigenvalue weighted by molar-refractivity contribution is -0.157. The first-order valence-electron chi connectivity index (χ1n) is 16.3. The number of carbonyl (C=O) groups excluding carboxylic acids is 4. The van der Waals surface area contributed by atoms with Crippen molar-refractivity contribution in [2.75, 3.05) is 12.0 Å². The largest absolute Gasteiger partial charge is 0.467 e. The summed E-state index contributed by atoms with van der Waals surface area (Å²) in [4.78, 5) is 61.2. The number of hydrogen-bond donors (Lipinski definition) is 0. The minimum absolute atomic E-state index is 0.161. The molecule has 4 aliphatic rings. The molecule has 0 aromatic heterocycles. The molecule has 4 atom stereocenters. The summed E-state index contributed by atoms with van der Waals surface area (Å²) in [6, 6.07) is 22.2. The molecule has 0 unspecified atom stereocenters. The van der Waals surface area contributed by atoms with E-state index in [0.717, 1.165) is 47.9 Å². The number of ether oxygens (including phenoxy) is 2. The maximum absolute atomic E-state index is 14.9. The third kappa shape index (κ3) is 5.42. The molecule has 0 spiro atoms. The van der Waals surface area contributed by atoms with E-state index < -0.39 is 30.2 Å². The Morgan fingerprint density at radius 1 is 0.674 bits per heavy atom. The third-order valence-corrected chi connectivity index (χ3v) is 10.1. The molecule has 9 nitrogen and oxygen atoms in total. The van der Waals surface area contributed by atoms with E-state index in [1.807, 2.05) is 78.9 Å². The maximum atomic E-state index is 14.9. The number of para-hydroxylation sites is 1. The van der Waals surface area contributed by atoms with Crippen molar-refractivity contribution in [1.82, 2.24) is 9.80 Å². The number of esters is 1. The van der Waals surface area contributed by atoms with Gasteiger partial charge >= 0.3 is 12.1 Å². The van der Waals surface area contributed by atoms with Crippen LogP contribution in [0.25, 0.3) is 0 Å². The Bertz CT molecular complexity index is 1640. The van der Waals surface area contributed by atoms with Crippen LogP contribution in [-0.2, 0) is 43.2 Å². The number of carbonyl (C=O) groups is 4. The van der Waals surface area contributed by atoms with E-state index >= 15 is 0 Å². The minimum Gasteiger partial charge on any atom is -0.467 e. The van der Waals surface area contributed by atoms with E-state index in [2.05, 4.69) is 0 Å². The second kappa shape index (κ2) is 12.6. The number of nitrogens with zero attached hydrogens (tertiary/aromatic N) is 3. The first-order chi connectivity index (χ1) is 22.4. The van der Waals surface area contributed by atoms with Crippen LogP contribution >= 0.6 is 0 Å². The van der Waals surface area contributed by atoms with Gasteiger partial charge in [-0.15, -0.1) is 0 Å². The Morgan fingerprint density at radius 3 is 2.07 bits per heavy atom. The predicted octanol–water partition coefficient (Wildman–Crippen LogP) is 5.36. The Hall–Kier alpha value is -4.66. The molecular formula is C37H39N3O6. The highest BCUT2D eigenvalue weighted by Gasteiger charge is 2.50. The molecular weight excluding hydrogens is 582 g/mol. The summed E-state index contributed by atoms with van der Waals surface area (Å²) < 4.78 is 11.1. The Balaban J connectivity index is 1.24. The zero-order valence-electron chi connectivity index (χ0n) is 26.0. The van der Waals surface area contributed by atoms with Crippen molar-refractivity contribution in [3.63, 3.8) is 0 Å². The van der Waals surface area contributed by atoms with E-state index in [4.69, 9.17) is 9.47 Å². The van der Waals surface area contributed by atoms with Gasteiger partial charge in [-0.1, -0.05) is 72.8 Å². The van der Waals surface area contributed by atoms with Gasteiger partial charge in [0.25, 0.3) is 0 Å². The lowest BCUT2D eigenvalue weighted by atomic mass is 9.93. The molecule has 0 radical (unpaired) electrons. The molecule has 3 amide bonds. The summed E-state index contributed by atoms with van der Waals surface area (Å²) in [5, 5.41) is 0. The van der Waals surface area contributed by atoms with Crippen LogP contribution in [0.5, 0.6) is 0 Å². The highest BCUT2D eigenvalue weighted by Crippen LogP contribution is 2.42. The number of rotatable bonds is 5. The smallest absolute Gasteiger partial charge is 0.415 e. The predicted molar refractivity (Wildman–Crippen MR) is 171 cm³/mol. The molecule has 0 bridgehead atoms. The number of amides is 3. The van der Waals surface area contributed by atoms with Gasteiger partial charge in [0.15, 0.2) is 0 Å². The van der Waals surface area contributed by atoms with E-state index in [9.17, 15) is 19.2 Å². The van der Waals surface area contributed by atoms with Crippen molar-refractivity contribution in [2.24, 2.45) is 0 Å². The summed E-state index contributed by atoms with van der Waals surface area (Å²) in [6.45, 7) is 0.248. The van der Waals surface area contributed by atoms with Crippen molar-refractivity contribution in [1.29, 1.82) is 0 Å². The summed E-state index contributed by atoms with van der Waals surface area (Å²) >= 11 is 0. The number of benzene rings is 3. The molecule has 2 fully saturated rings. The Kier molecular flexibility index (Phi) is 8.23. The topological polar surface area (TPSA) is 96.5 Å². The molecule has 238 valence electrons. The van der Waals surface area contributed by atoms with Crippen LogP contribution in [0.4, 0.5) is 10.5 Å². The van der Waals surface area contributed by atoms with E-state index in [1.54, 1.807) is 9.80 Å². The van der Waals surface area contributed by atoms with E-state index in [0.29, 0.717) is 31.4 Å². The van der Waals surface area contributed by atoms with Crippen LogP contribution in [0.3, 0.4) is 0 Å². The molecule has 3 aliphatic heterocycles. The molecule has 7 rings (SSSR count). The summed E-state index contributed by atoms with van der Waals surface area (Å²) in [6.07, 6.45) is 4.66. The standard InChI is InChI=1S/C37H39N3O6/c1-45-36(43)33-21-25-13-5-6-15-27(25)23-38(33)34(41)31-20-19-30(24-11-3-2-4-12-24)39(31)35(42)32-22-26-14-7-10-18-29(26)40(32)37(44)46-28-16-8-9-17-28/h2-7,10-15,18,28,30-33H,8-9,16-17,19-23H2,1H3/t30-,31+,32+,33+/m0/s1. The van der Waals surface area contributed by atoms with Gasteiger partial charge in [-0.3, -0.25) is 14.5 Å². The minimum atomic E-state index is -0.857. The van der Waals surface area contributed by atoms with Crippen LogP contribution in [0.15, 0.2) is 78.9 Å². The fraction of sp³-hybridized carbons (Fsp3) is 0.405. The first kappa shape index (κ1) is 30.0. The molecule has 1 saturated carbocycles. The van der Waals surface area contributed by atoms with Crippen LogP contribution in [0, 0.1) is 0 Å². The van der Waals surface area contributed by atoms with Gasteiger partial charge in [0, 0.05) is 19.4 Å². The van der Waals surface area contributed by atoms with Gasteiger partial charge in [-0.2, -0.15) is 0 Å². The van der Waals surface area contributed by atoms with Crippen LogP contribution in [0.2, 0.25) is 0 Å². The Morgan fingerprint density at radius 2 is 1.33 bits per heavy atom. The molecule has 0 N–H and O–H groups in total. The van der Waals surface area contributed by atoms with Crippen molar-refractivity contribution < 1.29 is 28.7 Å². The normalized spacial score (nSPS) is 24.0. The number of likely N-dealkylation sites (tertiary alicyclic amines) is 1. The van der Waals surface area contributed by atoms with Crippen LogP contribution in [0.1, 0.15) is 66.8 Å². The number of anilines is 1. The van der Waals surface area contributed by atoms with Gasteiger partial charge in [-0.25, -0.2) is 9.59 Å². The van der Waals surface area contributed by atoms with Gasteiger partial charge in [0.1, 0.15) is 24.2 Å². The lowest BCUT2D eigenvalue weighted by Gasteiger charge is -2.40. The maximum Gasteiger partial charge on any atom is 0.415 e. The van der Waals surface area contributed by atoms with E-state index in [-0.39, 0.29) is 30.5 Å². The quantitative estimate of drug-likeness (QED) is 0.356. The average Bonchev–Trinajstić information content (AvgIpc) is 3.86. The monoisotopic (exact) mass is 621 g/mol. The van der Waals surface area contributed by atoms with Gasteiger partial charge in [-0.05, 0) is 66.8 Å².